The van der Waals surface area contributed by atoms with Gasteiger partial charge in [0.2, 0.25) is 5.95 Å². The Morgan fingerprint density at radius 1 is 1.24 bits per heavy atom. The Morgan fingerprint density at radius 2 is 2.03 bits per heavy atom. The highest BCUT2D eigenvalue weighted by Crippen LogP contribution is 2.27. The van der Waals surface area contributed by atoms with E-state index in [2.05, 4.69) is 25.7 Å². The second-order valence-electron chi connectivity index (χ2n) is 7.08. The molecule has 1 saturated heterocycles. The maximum Gasteiger partial charge on any atom is 0.338 e. The molecule has 1 aliphatic rings. The molecule has 0 unspecified atom stereocenters. The van der Waals surface area contributed by atoms with E-state index in [1.165, 1.54) is 7.11 Å². The first kappa shape index (κ1) is 19.1. The van der Waals surface area contributed by atoms with Crippen molar-refractivity contribution in [1.29, 1.82) is 0 Å². The summed E-state index contributed by atoms with van der Waals surface area (Å²) in [6.45, 7) is 3.94. The van der Waals surface area contributed by atoms with E-state index in [4.69, 9.17) is 4.74 Å². The molecule has 0 saturated carbocycles. The van der Waals surface area contributed by atoms with Crippen LogP contribution in [0, 0.1) is 6.92 Å². The van der Waals surface area contributed by atoms with Gasteiger partial charge in [0, 0.05) is 18.0 Å². The van der Waals surface area contributed by atoms with Gasteiger partial charge in [-0.05, 0) is 44.5 Å². The summed E-state index contributed by atoms with van der Waals surface area (Å²) in [6, 6.07) is 7.69. The van der Waals surface area contributed by atoms with Crippen molar-refractivity contribution in [2.24, 2.45) is 0 Å². The number of rotatable bonds is 5. The van der Waals surface area contributed by atoms with Gasteiger partial charge in [-0.1, -0.05) is 18.2 Å². The van der Waals surface area contributed by atoms with Gasteiger partial charge in [-0.2, -0.15) is 5.10 Å². The third-order valence-electron chi connectivity index (χ3n) is 5.10. The SMILES string of the molecule is COC(=O)c1ccccc1-c1nc(Nc2cnn(C3CCNCC3)c2)ncc1C. The maximum absolute atomic E-state index is 12.2. The lowest BCUT2D eigenvalue weighted by Crippen LogP contribution is -2.29. The molecule has 1 aromatic carbocycles. The second-order valence-corrected chi connectivity index (χ2v) is 7.08. The number of nitrogens with one attached hydrogen (secondary N) is 2. The first-order valence-corrected chi connectivity index (χ1v) is 9.69. The van der Waals surface area contributed by atoms with Gasteiger partial charge in [-0.15, -0.1) is 0 Å². The van der Waals surface area contributed by atoms with E-state index in [9.17, 15) is 4.79 Å². The molecular weight excluding hydrogens is 368 g/mol. The summed E-state index contributed by atoms with van der Waals surface area (Å²) in [5.41, 5.74) is 3.58. The number of aryl methyl sites for hydroxylation is 1. The van der Waals surface area contributed by atoms with Crippen molar-refractivity contribution < 1.29 is 9.53 Å². The molecule has 0 spiro atoms. The third-order valence-corrected chi connectivity index (χ3v) is 5.10. The van der Waals surface area contributed by atoms with Gasteiger partial charge in [0.1, 0.15) is 0 Å². The summed E-state index contributed by atoms with van der Waals surface area (Å²) in [5.74, 6) is 0.0616. The fourth-order valence-electron chi connectivity index (χ4n) is 3.56. The predicted molar refractivity (Wildman–Crippen MR) is 110 cm³/mol. The zero-order valence-corrected chi connectivity index (χ0v) is 16.6. The molecule has 4 rings (SSSR count). The van der Waals surface area contributed by atoms with Crippen LogP contribution in [-0.4, -0.2) is 45.9 Å². The molecule has 2 N–H and O–H groups in total. The average Bonchev–Trinajstić information content (AvgIpc) is 3.24. The van der Waals surface area contributed by atoms with E-state index in [1.54, 1.807) is 24.5 Å². The van der Waals surface area contributed by atoms with E-state index < -0.39 is 5.97 Å². The molecule has 8 nitrogen and oxygen atoms in total. The topological polar surface area (TPSA) is 94.0 Å². The normalized spacial score (nSPS) is 14.6. The molecular formula is C21H24N6O2. The van der Waals surface area contributed by atoms with Crippen LogP contribution in [0.4, 0.5) is 11.6 Å². The number of carbonyl (C=O) groups excluding carboxylic acids is 1. The molecule has 0 amide bonds. The van der Waals surface area contributed by atoms with Crippen molar-refractivity contribution in [2.75, 3.05) is 25.5 Å². The Kier molecular flexibility index (Phi) is 5.53. The molecule has 0 bridgehead atoms. The average molecular weight is 392 g/mol. The monoisotopic (exact) mass is 392 g/mol. The Hall–Kier alpha value is -3.26. The summed E-state index contributed by atoms with van der Waals surface area (Å²) < 4.78 is 6.92. The van der Waals surface area contributed by atoms with Gasteiger partial charge in [-0.25, -0.2) is 14.8 Å². The van der Waals surface area contributed by atoms with Crippen LogP contribution in [0.3, 0.4) is 0 Å². The number of benzene rings is 1. The van der Waals surface area contributed by atoms with Crippen molar-refractivity contribution in [3.8, 4) is 11.3 Å². The fraction of sp³-hybridized carbons (Fsp3) is 0.333. The highest BCUT2D eigenvalue weighted by Gasteiger charge is 2.18. The summed E-state index contributed by atoms with van der Waals surface area (Å²) in [4.78, 5) is 21.2. The minimum atomic E-state index is -0.392. The Morgan fingerprint density at radius 3 is 2.83 bits per heavy atom. The number of methoxy groups -OCH3 is 1. The molecule has 3 heterocycles. The van der Waals surface area contributed by atoms with E-state index in [0.717, 1.165) is 37.2 Å². The van der Waals surface area contributed by atoms with Crippen LogP contribution in [0.25, 0.3) is 11.3 Å². The number of anilines is 2. The molecule has 3 aromatic rings. The Balaban J connectivity index is 1.60. The van der Waals surface area contributed by atoms with E-state index in [1.807, 2.05) is 29.9 Å². The van der Waals surface area contributed by atoms with Crippen molar-refractivity contribution in [3.63, 3.8) is 0 Å². The molecule has 1 aliphatic heterocycles. The Bertz CT molecular complexity index is 1010. The van der Waals surface area contributed by atoms with Crippen LogP contribution in [0.5, 0.6) is 0 Å². The molecule has 8 heteroatoms. The van der Waals surface area contributed by atoms with Crippen molar-refractivity contribution in [1.82, 2.24) is 25.1 Å². The van der Waals surface area contributed by atoms with Crippen LogP contribution < -0.4 is 10.6 Å². The molecule has 0 atom stereocenters. The quantitative estimate of drug-likeness (QED) is 0.644. The van der Waals surface area contributed by atoms with Crippen molar-refractivity contribution in [2.45, 2.75) is 25.8 Å². The summed E-state index contributed by atoms with van der Waals surface area (Å²) in [7, 11) is 1.37. The zero-order valence-electron chi connectivity index (χ0n) is 16.6. The summed E-state index contributed by atoms with van der Waals surface area (Å²) in [5, 5.41) is 11.1. The lowest BCUT2D eigenvalue weighted by Gasteiger charge is -2.22. The first-order valence-electron chi connectivity index (χ1n) is 9.69. The molecule has 2 aromatic heterocycles. The van der Waals surface area contributed by atoms with E-state index in [-0.39, 0.29) is 0 Å². The molecule has 0 radical (unpaired) electrons. The van der Waals surface area contributed by atoms with Gasteiger partial charge in [-0.3, -0.25) is 4.68 Å². The van der Waals surface area contributed by atoms with Gasteiger partial charge < -0.3 is 15.4 Å². The number of aromatic nitrogens is 4. The van der Waals surface area contributed by atoms with Crippen LogP contribution in [0.1, 0.15) is 34.8 Å². The number of esters is 1. The number of carbonyl (C=O) groups is 1. The second kappa shape index (κ2) is 8.40. The van der Waals surface area contributed by atoms with E-state index >= 15 is 0 Å². The van der Waals surface area contributed by atoms with Crippen molar-refractivity contribution in [3.05, 3.63) is 54.0 Å². The van der Waals surface area contributed by atoms with Gasteiger partial charge in [0.15, 0.2) is 0 Å². The van der Waals surface area contributed by atoms with Crippen LogP contribution >= 0.6 is 0 Å². The van der Waals surface area contributed by atoms with Gasteiger partial charge in [0.25, 0.3) is 0 Å². The molecule has 29 heavy (non-hydrogen) atoms. The van der Waals surface area contributed by atoms with E-state index in [0.29, 0.717) is 28.8 Å². The number of ether oxygens (including phenoxy) is 1. The van der Waals surface area contributed by atoms with Gasteiger partial charge in [0.05, 0.1) is 36.3 Å². The third kappa shape index (κ3) is 4.12. The number of hydrogen-bond donors (Lipinski definition) is 2. The van der Waals surface area contributed by atoms with Crippen molar-refractivity contribution >= 4 is 17.6 Å². The standard InChI is InChI=1S/C21H24N6O2/c1-14-11-23-21(25-15-12-24-27(13-15)16-7-9-22-10-8-16)26-19(14)17-5-3-4-6-18(17)20(28)29-2/h3-6,11-13,16,22H,7-10H2,1-2H3,(H,23,25,26). The lowest BCUT2D eigenvalue weighted by molar-refractivity contribution is 0.0601. The predicted octanol–water partition coefficient (Wildman–Crippen LogP) is 3.10. The number of nitrogens with zero attached hydrogens (tertiary/aromatic N) is 4. The summed E-state index contributed by atoms with van der Waals surface area (Å²) >= 11 is 0. The van der Waals surface area contributed by atoms with Crippen LogP contribution in [-0.2, 0) is 4.74 Å². The minimum absolute atomic E-state index is 0.392. The summed E-state index contributed by atoms with van der Waals surface area (Å²) in [6.07, 6.45) is 7.65. The first-order chi connectivity index (χ1) is 14.2. The lowest BCUT2D eigenvalue weighted by atomic mass is 10.0. The molecule has 0 aliphatic carbocycles. The number of piperidine rings is 1. The maximum atomic E-state index is 12.2. The highest BCUT2D eigenvalue weighted by atomic mass is 16.5. The minimum Gasteiger partial charge on any atom is -0.465 e. The fourth-order valence-corrected chi connectivity index (χ4v) is 3.56. The Labute approximate surface area is 169 Å². The smallest absolute Gasteiger partial charge is 0.338 e. The van der Waals surface area contributed by atoms with Crippen LogP contribution in [0.15, 0.2) is 42.9 Å². The highest BCUT2D eigenvalue weighted by molar-refractivity contribution is 5.97. The zero-order chi connectivity index (χ0) is 20.2. The molecule has 150 valence electrons. The largest absolute Gasteiger partial charge is 0.465 e. The van der Waals surface area contributed by atoms with Gasteiger partial charge >= 0.3 is 5.97 Å². The number of hydrogen-bond acceptors (Lipinski definition) is 7. The molecule has 1 fully saturated rings. The van der Waals surface area contributed by atoms with Crippen LogP contribution in [0.2, 0.25) is 0 Å².